The number of carbonyl (C=O) groups is 1. The van der Waals surface area contributed by atoms with Gasteiger partial charge in [0.2, 0.25) is 0 Å². The Morgan fingerprint density at radius 2 is 2.16 bits per heavy atom. The van der Waals surface area contributed by atoms with E-state index in [1.807, 2.05) is 18.2 Å². The molecule has 19 heavy (non-hydrogen) atoms. The highest BCUT2D eigenvalue weighted by Gasteiger charge is 2.22. The van der Waals surface area contributed by atoms with Gasteiger partial charge >= 0.3 is 0 Å². The van der Waals surface area contributed by atoms with Gasteiger partial charge < -0.3 is 4.57 Å². The summed E-state index contributed by atoms with van der Waals surface area (Å²) < 4.78 is 2.16. The van der Waals surface area contributed by atoms with Crippen LogP contribution < -0.4 is 0 Å². The van der Waals surface area contributed by atoms with Crippen molar-refractivity contribution in [1.82, 2.24) is 9.55 Å². The number of aromatic nitrogens is 2. The zero-order chi connectivity index (χ0) is 13.2. The predicted molar refractivity (Wildman–Crippen MR) is 76.1 cm³/mol. The molecule has 3 nitrogen and oxygen atoms in total. The van der Waals surface area contributed by atoms with Crippen LogP contribution in [0.2, 0.25) is 0 Å². The molecule has 1 aromatic heterocycles. The molecule has 1 aromatic carbocycles. The number of Topliss-reactive ketones (excluding diaryl/α,β-unsaturated/α-hetero) is 1. The van der Waals surface area contributed by atoms with E-state index in [9.17, 15) is 4.79 Å². The molecule has 0 amide bonds. The van der Waals surface area contributed by atoms with Gasteiger partial charge in [-0.05, 0) is 25.0 Å². The van der Waals surface area contributed by atoms with Crippen molar-refractivity contribution in [2.24, 2.45) is 5.92 Å². The lowest BCUT2D eigenvalue weighted by Crippen LogP contribution is -2.18. The average Bonchev–Trinajstić information content (AvgIpc) is 2.71. The molecule has 0 unspecified atom stereocenters. The fourth-order valence-electron chi connectivity index (χ4n) is 2.88. The molecule has 1 aliphatic carbocycles. The maximum Gasteiger partial charge on any atom is 0.140 e. The van der Waals surface area contributed by atoms with Crippen LogP contribution in [0, 0.1) is 5.92 Å². The third kappa shape index (κ3) is 2.42. The van der Waals surface area contributed by atoms with Crippen LogP contribution >= 0.6 is 0 Å². The normalized spacial score (nSPS) is 15.6. The molecule has 0 spiro atoms. The fraction of sp³-hybridized carbons (Fsp3) is 0.500. The number of carbonyl (C=O) groups excluding carboxylic acids is 1. The maximum absolute atomic E-state index is 12.1. The summed E-state index contributed by atoms with van der Waals surface area (Å²) in [5.74, 6) is 1.91. The Hall–Kier alpha value is -1.64. The summed E-state index contributed by atoms with van der Waals surface area (Å²) in [4.78, 5) is 16.7. The van der Waals surface area contributed by atoms with Crippen molar-refractivity contribution < 1.29 is 4.79 Å². The highest BCUT2D eigenvalue weighted by molar-refractivity contribution is 5.82. The summed E-state index contributed by atoms with van der Waals surface area (Å²) in [6, 6.07) is 8.11. The van der Waals surface area contributed by atoms with E-state index in [-0.39, 0.29) is 0 Å². The summed E-state index contributed by atoms with van der Waals surface area (Å²) in [6.07, 6.45) is 4.99. The lowest BCUT2D eigenvalue weighted by atomic mass is 9.81. The number of fused-ring (bicyclic) bond motifs is 1. The number of hydrogen-bond donors (Lipinski definition) is 0. The Kier molecular flexibility index (Phi) is 3.36. The highest BCUT2D eigenvalue weighted by atomic mass is 16.1. The summed E-state index contributed by atoms with van der Waals surface area (Å²) in [5, 5.41) is 0. The van der Waals surface area contributed by atoms with E-state index in [1.54, 1.807) is 0 Å². The molecule has 1 heterocycles. The average molecular weight is 256 g/mol. The number of rotatable bonds is 5. The van der Waals surface area contributed by atoms with Crippen LogP contribution in [0.5, 0.6) is 0 Å². The van der Waals surface area contributed by atoms with Crippen molar-refractivity contribution in [3.8, 4) is 0 Å². The molecule has 0 atom stereocenters. The summed E-state index contributed by atoms with van der Waals surface area (Å²) in [6.45, 7) is 2.97. The monoisotopic (exact) mass is 256 g/mol. The van der Waals surface area contributed by atoms with Crippen molar-refractivity contribution in [2.45, 2.75) is 45.6 Å². The van der Waals surface area contributed by atoms with Gasteiger partial charge in [0.1, 0.15) is 11.6 Å². The van der Waals surface area contributed by atoms with Crippen LogP contribution in [-0.2, 0) is 17.8 Å². The fourth-order valence-corrected chi connectivity index (χ4v) is 2.88. The molecule has 3 heteroatoms. The number of benzene rings is 1. The van der Waals surface area contributed by atoms with Crippen LogP contribution in [-0.4, -0.2) is 15.3 Å². The van der Waals surface area contributed by atoms with E-state index in [2.05, 4.69) is 22.5 Å². The highest BCUT2D eigenvalue weighted by Crippen LogP contribution is 2.30. The molecule has 3 rings (SSSR count). The molecule has 1 aliphatic rings. The molecule has 1 fully saturated rings. The van der Waals surface area contributed by atoms with Crippen LogP contribution in [0.4, 0.5) is 0 Å². The first kappa shape index (κ1) is 12.4. The van der Waals surface area contributed by atoms with Gasteiger partial charge in [-0.15, -0.1) is 0 Å². The molecule has 0 aliphatic heterocycles. The van der Waals surface area contributed by atoms with Gasteiger partial charge in [-0.3, -0.25) is 4.79 Å². The first-order valence-corrected chi connectivity index (χ1v) is 7.23. The minimum Gasteiger partial charge on any atom is -0.328 e. The minimum atomic E-state index is 0.342. The number of hydrogen-bond acceptors (Lipinski definition) is 2. The first-order chi connectivity index (χ1) is 9.28. The van der Waals surface area contributed by atoms with Crippen molar-refractivity contribution in [1.29, 1.82) is 0 Å². The van der Waals surface area contributed by atoms with Crippen LogP contribution in [0.1, 0.15) is 38.4 Å². The summed E-state index contributed by atoms with van der Waals surface area (Å²) >= 11 is 0. The quantitative estimate of drug-likeness (QED) is 0.822. The summed E-state index contributed by atoms with van der Waals surface area (Å²) in [5.41, 5.74) is 2.13. The maximum atomic E-state index is 12.1. The van der Waals surface area contributed by atoms with E-state index in [4.69, 9.17) is 0 Å². The number of ketones is 1. The smallest absolute Gasteiger partial charge is 0.140 e. The Morgan fingerprint density at radius 3 is 2.84 bits per heavy atom. The van der Waals surface area contributed by atoms with Gasteiger partial charge in [0.25, 0.3) is 0 Å². The minimum absolute atomic E-state index is 0.342. The first-order valence-electron chi connectivity index (χ1n) is 7.23. The van der Waals surface area contributed by atoms with Crippen molar-refractivity contribution in [2.75, 3.05) is 0 Å². The molecular weight excluding hydrogens is 236 g/mol. The van der Waals surface area contributed by atoms with E-state index in [1.165, 1.54) is 19.3 Å². The van der Waals surface area contributed by atoms with Gasteiger partial charge in [-0.25, -0.2) is 4.98 Å². The van der Waals surface area contributed by atoms with Crippen LogP contribution in [0.3, 0.4) is 0 Å². The second kappa shape index (κ2) is 5.16. The zero-order valence-electron chi connectivity index (χ0n) is 11.4. The molecule has 0 radical (unpaired) electrons. The number of nitrogens with zero attached hydrogens (tertiary/aromatic N) is 2. The molecule has 0 bridgehead atoms. The third-order valence-corrected chi connectivity index (χ3v) is 4.15. The predicted octanol–water partition coefficient (Wildman–Crippen LogP) is 3.36. The Bertz CT molecular complexity index is 596. The number of aryl methyl sites for hydroxylation is 1. The molecule has 100 valence electrons. The SMILES string of the molecule is CCn1c(CC(=O)CC2CCC2)nc2ccccc21. The Labute approximate surface area is 113 Å². The zero-order valence-corrected chi connectivity index (χ0v) is 11.4. The number of para-hydroxylation sites is 2. The van der Waals surface area contributed by atoms with Gasteiger partial charge in [0.05, 0.1) is 17.5 Å². The third-order valence-electron chi connectivity index (χ3n) is 4.15. The molecule has 0 N–H and O–H groups in total. The lowest BCUT2D eigenvalue weighted by molar-refractivity contribution is -0.120. The Balaban J connectivity index is 1.81. The van der Waals surface area contributed by atoms with Gasteiger partial charge in [-0.1, -0.05) is 31.4 Å². The van der Waals surface area contributed by atoms with Crippen molar-refractivity contribution in [3.63, 3.8) is 0 Å². The molecule has 2 aromatic rings. The standard InChI is InChI=1S/C16H20N2O/c1-2-18-15-9-4-3-8-14(15)17-16(18)11-13(19)10-12-6-5-7-12/h3-4,8-9,12H,2,5-7,10-11H2,1H3. The van der Waals surface area contributed by atoms with Gasteiger partial charge in [-0.2, -0.15) is 0 Å². The van der Waals surface area contributed by atoms with Gasteiger partial charge in [0, 0.05) is 13.0 Å². The topological polar surface area (TPSA) is 34.9 Å². The van der Waals surface area contributed by atoms with Crippen LogP contribution in [0.15, 0.2) is 24.3 Å². The van der Waals surface area contributed by atoms with E-state index in [0.717, 1.165) is 29.8 Å². The Morgan fingerprint density at radius 1 is 1.37 bits per heavy atom. The van der Waals surface area contributed by atoms with Crippen molar-refractivity contribution in [3.05, 3.63) is 30.1 Å². The van der Waals surface area contributed by atoms with E-state index in [0.29, 0.717) is 18.1 Å². The van der Waals surface area contributed by atoms with Crippen LogP contribution in [0.25, 0.3) is 11.0 Å². The van der Waals surface area contributed by atoms with E-state index < -0.39 is 0 Å². The molecule has 0 saturated heterocycles. The molecular formula is C16H20N2O. The van der Waals surface area contributed by atoms with Crippen molar-refractivity contribution >= 4 is 16.8 Å². The van der Waals surface area contributed by atoms with Gasteiger partial charge in [0.15, 0.2) is 0 Å². The summed E-state index contributed by atoms with van der Waals surface area (Å²) in [7, 11) is 0. The number of imidazole rings is 1. The van der Waals surface area contributed by atoms with E-state index >= 15 is 0 Å². The molecule has 1 saturated carbocycles. The second-order valence-electron chi connectivity index (χ2n) is 5.48. The largest absolute Gasteiger partial charge is 0.328 e. The second-order valence-corrected chi connectivity index (χ2v) is 5.48. The lowest BCUT2D eigenvalue weighted by Gasteiger charge is -2.24.